The first-order valence-corrected chi connectivity index (χ1v) is 13.2. The summed E-state index contributed by atoms with van der Waals surface area (Å²) in [6.45, 7) is 7.13. The molecule has 0 saturated carbocycles. The molecule has 7 heteroatoms. The van der Waals surface area contributed by atoms with Crippen LogP contribution in [0.1, 0.15) is 59.6 Å². The van der Waals surface area contributed by atoms with E-state index in [0.29, 0.717) is 17.7 Å². The highest BCUT2D eigenvalue weighted by Gasteiger charge is 2.29. The Bertz CT molecular complexity index is 1490. The summed E-state index contributed by atoms with van der Waals surface area (Å²) in [6, 6.07) is 21.4. The number of benzene rings is 3. The number of carbonyl (C=O) groups is 2. The van der Waals surface area contributed by atoms with Gasteiger partial charge < -0.3 is 19.7 Å². The zero-order chi connectivity index (χ0) is 26.9. The van der Waals surface area contributed by atoms with Gasteiger partial charge in [0.2, 0.25) is 0 Å². The molecule has 0 radical (unpaired) electrons. The normalized spacial score (nSPS) is 12.4. The third-order valence-corrected chi connectivity index (χ3v) is 7.42. The van der Waals surface area contributed by atoms with Crippen molar-refractivity contribution in [2.75, 3.05) is 0 Å². The number of hydrogen-bond acceptors (Lipinski definition) is 3. The van der Waals surface area contributed by atoms with Gasteiger partial charge in [-0.05, 0) is 110 Å². The number of aryl methyl sites for hydroxylation is 1. The molecule has 37 heavy (non-hydrogen) atoms. The largest absolute Gasteiger partial charge is 0.478 e. The molecule has 4 aromatic rings. The first-order valence-electron chi connectivity index (χ1n) is 12.1. The fourth-order valence-electron chi connectivity index (χ4n) is 4.41. The number of rotatable bonds is 8. The van der Waals surface area contributed by atoms with Gasteiger partial charge in [0.15, 0.2) is 5.60 Å². The van der Waals surface area contributed by atoms with Gasteiger partial charge in [-0.25, -0.2) is 4.79 Å². The molecular weight excluding hydrogens is 579 g/mol. The van der Waals surface area contributed by atoms with Crippen LogP contribution in [0, 0.1) is 10.5 Å². The lowest BCUT2D eigenvalue weighted by atomic mass is 10.0. The molecule has 192 valence electrons. The summed E-state index contributed by atoms with van der Waals surface area (Å²) in [5, 5.41) is 13.6. The van der Waals surface area contributed by atoms with Crippen molar-refractivity contribution < 1.29 is 19.4 Å². The number of aromatic nitrogens is 1. The smallest absolute Gasteiger partial charge is 0.347 e. The maximum atomic E-state index is 13.1. The SMILES string of the molecule is Cc1c(Cc2cccc(OC(C)(C)C(=O)O)c2)c2ccc(C(=O)N[C@H](C)c3cccc(I)c3)cc2n1C. The zero-order valence-corrected chi connectivity index (χ0v) is 23.8. The van der Waals surface area contributed by atoms with Gasteiger partial charge in [-0.3, -0.25) is 4.79 Å². The van der Waals surface area contributed by atoms with Crippen LogP contribution in [0.3, 0.4) is 0 Å². The maximum absolute atomic E-state index is 13.1. The van der Waals surface area contributed by atoms with Gasteiger partial charge in [-0.15, -0.1) is 0 Å². The van der Waals surface area contributed by atoms with E-state index in [1.807, 2.05) is 68.6 Å². The monoisotopic (exact) mass is 610 g/mol. The third kappa shape index (κ3) is 5.82. The van der Waals surface area contributed by atoms with Crippen molar-refractivity contribution in [2.45, 2.75) is 45.8 Å². The fourth-order valence-corrected chi connectivity index (χ4v) is 4.97. The summed E-state index contributed by atoms with van der Waals surface area (Å²) in [5.41, 5.74) is 4.63. The van der Waals surface area contributed by atoms with E-state index in [4.69, 9.17) is 4.74 Å². The van der Waals surface area contributed by atoms with E-state index in [9.17, 15) is 14.7 Å². The molecule has 2 N–H and O–H groups in total. The second kappa shape index (κ2) is 10.6. The molecule has 3 aromatic carbocycles. The van der Waals surface area contributed by atoms with Crippen LogP contribution in [0.15, 0.2) is 66.7 Å². The lowest BCUT2D eigenvalue weighted by molar-refractivity contribution is -0.152. The number of nitrogens with zero attached hydrogens (tertiary/aromatic N) is 1. The van der Waals surface area contributed by atoms with Crippen LogP contribution in [0.5, 0.6) is 5.75 Å². The van der Waals surface area contributed by atoms with Crippen molar-refractivity contribution in [3.05, 3.63) is 98.2 Å². The second-order valence-electron chi connectivity index (χ2n) is 9.85. The average molecular weight is 610 g/mol. The quantitative estimate of drug-likeness (QED) is 0.226. The van der Waals surface area contributed by atoms with E-state index in [0.717, 1.165) is 36.9 Å². The minimum absolute atomic E-state index is 0.107. The highest BCUT2D eigenvalue weighted by Crippen LogP contribution is 2.30. The predicted molar refractivity (Wildman–Crippen MR) is 154 cm³/mol. The molecule has 1 amide bonds. The summed E-state index contributed by atoms with van der Waals surface area (Å²) in [7, 11) is 2.01. The van der Waals surface area contributed by atoms with Crippen LogP contribution >= 0.6 is 22.6 Å². The highest BCUT2D eigenvalue weighted by atomic mass is 127. The van der Waals surface area contributed by atoms with E-state index >= 15 is 0 Å². The van der Waals surface area contributed by atoms with E-state index in [1.54, 1.807) is 6.07 Å². The molecule has 0 aliphatic heterocycles. The van der Waals surface area contributed by atoms with Crippen LogP contribution < -0.4 is 10.1 Å². The molecule has 0 fully saturated rings. The first kappa shape index (κ1) is 26.7. The first-order chi connectivity index (χ1) is 17.5. The van der Waals surface area contributed by atoms with Gasteiger partial charge in [0.05, 0.1) is 6.04 Å². The number of halogens is 1. The molecule has 0 aliphatic carbocycles. The van der Waals surface area contributed by atoms with Gasteiger partial charge >= 0.3 is 5.97 Å². The Labute approximate surface area is 230 Å². The molecule has 4 rings (SSSR count). The van der Waals surface area contributed by atoms with Crippen molar-refractivity contribution in [2.24, 2.45) is 7.05 Å². The molecule has 0 unspecified atom stereocenters. The number of aliphatic carboxylic acids is 1. The summed E-state index contributed by atoms with van der Waals surface area (Å²) in [6.07, 6.45) is 0.656. The minimum Gasteiger partial charge on any atom is -0.478 e. The second-order valence-corrected chi connectivity index (χ2v) is 11.1. The van der Waals surface area contributed by atoms with Gasteiger partial charge in [-0.1, -0.05) is 30.3 Å². The molecule has 0 aliphatic rings. The summed E-state index contributed by atoms with van der Waals surface area (Å²) in [4.78, 5) is 24.5. The van der Waals surface area contributed by atoms with E-state index in [2.05, 4.69) is 45.5 Å². The topological polar surface area (TPSA) is 80.6 Å². The summed E-state index contributed by atoms with van der Waals surface area (Å²) < 4.78 is 8.97. The number of fused-ring (bicyclic) bond motifs is 1. The molecule has 1 heterocycles. The number of hydrogen-bond donors (Lipinski definition) is 2. The van der Waals surface area contributed by atoms with Crippen LogP contribution in [-0.4, -0.2) is 27.2 Å². The van der Waals surface area contributed by atoms with Crippen LogP contribution in [0.25, 0.3) is 10.9 Å². The van der Waals surface area contributed by atoms with Crippen LogP contribution in [-0.2, 0) is 18.3 Å². The highest BCUT2D eigenvalue weighted by molar-refractivity contribution is 14.1. The fraction of sp³-hybridized carbons (Fsp3) is 0.267. The summed E-state index contributed by atoms with van der Waals surface area (Å²) in [5.74, 6) is -0.612. The van der Waals surface area contributed by atoms with Crippen LogP contribution in [0.2, 0.25) is 0 Å². The molecule has 0 saturated heterocycles. The Morgan fingerprint density at radius 2 is 1.81 bits per heavy atom. The van der Waals surface area contributed by atoms with Crippen molar-refractivity contribution >= 4 is 45.4 Å². The number of carboxylic acids is 1. The molecule has 0 spiro atoms. The standard InChI is InChI=1S/C30H31IN2O4/c1-18(21-9-7-10-23(31)16-21)32-28(34)22-12-13-25-26(19(2)33(5)27(25)17-22)15-20-8-6-11-24(14-20)37-30(3,4)29(35)36/h6-14,16-18H,15H2,1-5H3,(H,32,34)(H,35,36)/t18-/m1/s1. The van der Waals surface area contributed by atoms with Crippen molar-refractivity contribution in [3.63, 3.8) is 0 Å². The van der Waals surface area contributed by atoms with Gasteiger partial charge in [-0.2, -0.15) is 0 Å². The molecule has 0 bridgehead atoms. The molecule has 1 aromatic heterocycles. The van der Waals surface area contributed by atoms with Crippen molar-refractivity contribution in [1.29, 1.82) is 0 Å². The molecule has 1 atom stereocenters. The third-order valence-electron chi connectivity index (χ3n) is 6.75. The predicted octanol–water partition coefficient (Wildman–Crippen LogP) is 6.42. The lowest BCUT2D eigenvalue weighted by Crippen LogP contribution is -2.37. The maximum Gasteiger partial charge on any atom is 0.347 e. The number of ether oxygens (including phenoxy) is 1. The summed E-state index contributed by atoms with van der Waals surface area (Å²) >= 11 is 2.27. The number of carboxylic acid groups (broad SMARTS) is 1. The minimum atomic E-state index is -1.32. The average Bonchev–Trinajstić information content (AvgIpc) is 3.08. The number of carbonyl (C=O) groups excluding carboxylic acids is 1. The van der Waals surface area contributed by atoms with E-state index < -0.39 is 11.6 Å². The Balaban J connectivity index is 1.58. The van der Waals surface area contributed by atoms with Gasteiger partial charge in [0, 0.05) is 32.8 Å². The zero-order valence-electron chi connectivity index (χ0n) is 21.6. The van der Waals surface area contributed by atoms with E-state index in [1.165, 1.54) is 13.8 Å². The van der Waals surface area contributed by atoms with Gasteiger partial charge in [0.1, 0.15) is 5.75 Å². The Kier molecular flexibility index (Phi) is 7.64. The van der Waals surface area contributed by atoms with E-state index in [-0.39, 0.29) is 11.9 Å². The Hall–Kier alpha value is -3.33. The number of nitrogens with one attached hydrogen (secondary N) is 1. The van der Waals surface area contributed by atoms with Gasteiger partial charge in [0.25, 0.3) is 5.91 Å². The van der Waals surface area contributed by atoms with Crippen molar-refractivity contribution in [1.82, 2.24) is 9.88 Å². The Morgan fingerprint density at radius 1 is 1.08 bits per heavy atom. The van der Waals surface area contributed by atoms with Crippen molar-refractivity contribution in [3.8, 4) is 5.75 Å². The Morgan fingerprint density at radius 3 is 2.51 bits per heavy atom. The molecule has 6 nitrogen and oxygen atoms in total. The lowest BCUT2D eigenvalue weighted by Gasteiger charge is -2.21. The number of amides is 1. The van der Waals surface area contributed by atoms with Crippen LogP contribution in [0.4, 0.5) is 0 Å². The molecular formula is C30H31IN2O4.